The van der Waals surface area contributed by atoms with Gasteiger partial charge in [0.1, 0.15) is 5.75 Å². The van der Waals surface area contributed by atoms with Crippen LogP contribution in [0.2, 0.25) is 0 Å². The van der Waals surface area contributed by atoms with E-state index in [2.05, 4.69) is 30.1 Å². The topological polar surface area (TPSA) is 33.1 Å². The number of aryl methyl sites for hydroxylation is 1. The molecule has 1 N–H and O–H groups in total. The molecule has 1 fully saturated rings. The molecule has 0 saturated heterocycles. The first-order chi connectivity index (χ1) is 8.28. The first-order valence-corrected chi connectivity index (χ1v) is 6.40. The molecular weight excluding hydrogens is 210 g/mol. The summed E-state index contributed by atoms with van der Waals surface area (Å²) in [5.74, 6) is 0.848. The number of nitrogens with zero attached hydrogens (tertiary/aromatic N) is 1. The summed E-state index contributed by atoms with van der Waals surface area (Å²) in [6.45, 7) is 2.14. The third-order valence-corrected chi connectivity index (χ3v) is 3.79. The molecule has 0 atom stereocenters. The van der Waals surface area contributed by atoms with E-state index >= 15 is 0 Å². The minimum absolute atomic E-state index is 0.371. The Morgan fingerprint density at radius 3 is 2.76 bits per heavy atom. The third kappa shape index (κ3) is 1.78. The van der Waals surface area contributed by atoms with Gasteiger partial charge in [0.25, 0.3) is 0 Å². The van der Waals surface area contributed by atoms with E-state index in [1.807, 2.05) is 6.07 Å². The molecule has 2 nitrogen and oxygen atoms in total. The van der Waals surface area contributed by atoms with Crippen molar-refractivity contribution in [2.24, 2.45) is 0 Å². The molecule has 0 aliphatic heterocycles. The molecule has 1 aromatic heterocycles. The lowest BCUT2D eigenvalue weighted by Gasteiger charge is -2.25. The van der Waals surface area contributed by atoms with Gasteiger partial charge in [0.15, 0.2) is 0 Å². The maximum Gasteiger partial charge on any atom is 0.138 e. The number of fused-ring (bicyclic) bond motifs is 1. The van der Waals surface area contributed by atoms with Gasteiger partial charge in [-0.1, -0.05) is 19.4 Å². The lowest BCUT2D eigenvalue weighted by Crippen LogP contribution is -2.10. The summed E-state index contributed by atoms with van der Waals surface area (Å²) < 4.78 is 0. The lowest BCUT2D eigenvalue weighted by atomic mass is 9.82. The highest BCUT2D eigenvalue weighted by atomic mass is 16.3. The molecule has 2 aromatic rings. The van der Waals surface area contributed by atoms with Gasteiger partial charge >= 0.3 is 0 Å². The van der Waals surface area contributed by atoms with Crippen molar-refractivity contribution in [3.05, 3.63) is 35.5 Å². The SMILES string of the molecule is CCc1ccc2nc(C3CCC3)c(O)cc2c1. The largest absolute Gasteiger partial charge is 0.506 e. The predicted octanol–water partition coefficient (Wildman–Crippen LogP) is 3.77. The van der Waals surface area contributed by atoms with E-state index in [0.717, 1.165) is 23.0 Å². The van der Waals surface area contributed by atoms with Gasteiger partial charge < -0.3 is 5.11 Å². The molecule has 2 heteroatoms. The van der Waals surface area contributed by atoms with Crippen molar-refractivity contribution >= 4 is 10.9 Å². The van der Waals surface area contributed by atoms with E-state index in [9.17, 15) is 5.11 Å². The number of pyridine rings is 1. The van der Waals surface area contributed by atoms with E-state index in [1.165, 1.54) is 24.8 Å². The van der Waals surface area contributed by atoms with Crippen molar-refractivity contribution in [1.82, 2.24) is 4.98 Å². The van der Waals surface area contributed by atoms with Crippen LogP contribution in [0.25, 0.3) is 10.9 Å². The Hall–Kier alpha value is -1.57. The Morgan fingerprint density at radius 2 is 2.12 bits per heavy atom. The van der Waals surface area contributed by atoms with Crippen LogP contribution < -0.4 is 0 Å². The van der Waals surface area contributed by atoms with Gasteiger partial charge in [0, 0.05) is 11.3 Å². The zero-order valence-corrected chi connectivity index (χ0v) is 10.1. The van der Waals surface area contributed by atoms with Gasteiger partial charge in [-0.05, 0) is 43.0 Å². The van der Waals surface area contributed by atoms with Gasteiger partial charge in [-0.3, -0.25) is 0 Å². The molecule has 0 radical (unpaired) electrons. The minimum Gasteiger partial charge on any atom is -0.506 e. The molecule has 1 aliphatic rings. The summed E-state index contributed by atoms with van der Waals surface area (Å²) in [4.78, 5) is 4.62. The average Bonchev–Trinajstić information content (AvgIpc) is 2.27. The Labute approximate surface area is 101 Å². The summed E-state index contributed by atoms with van der Waals surface area (Å²) in [6.07, 6.45) is 4.61. The second kappa shape index (κ2) is 4.02. The second-order valence-electron chi connectivity index (χ2n) is 4.90. The molecule has 3 rings (SSSR count). The summed E-state index contributed by atoms with van der Waals surface area (Å²) >= 11 is 0. The summed E-state index contributed by atoms with van der Waals surface area (Å²) in [6, 6.07) is 8.18. The molecule has 0 bridgehead atoms. The average molecular weight is 227 g/mol. The minimum atomic E-state index is 0.371. The smallest absolute Gasteiger partial charge is 0.138 e. The van der Waals surface area contributed by atoms with Crippen molar-refractivity contribution in [2.45, 2.75) is 38.5 Å². The van der Waals surface area contributed by atoms with Crippen molar-refractivity contribution in [3.63, 3.8) is 0 Å². The van der Waals surface area contributed by atoms with E-state index in [1.54, 1.807) is 0 Å². The van der Waals surface area contributed by atoms with Crippen molar-refractivity contribution in [1.29, 1.82) is 0 Å². The number of hydrogen-bond donors (Lipinski definition) is 1. The number of hydrogen-bond acceptors (Lipinski definition) is 2. The van der Waals surface area contributed by atoms with Crippen LogP contribution in [0.3, 0.4) is 0 Å². The van der Waals surface area contributed by atoms with Crippen LogP contribution in [-0.4, -0.2) is 10.1 Å². The van der Waals surface area contributed by atoms with Gasteiger partial charge in [-0.15, -0.1) is 0 Å². The lowest BCUT2D eigenvalue weighted by molar-refractivity contribution is 0.385. The standard InChI is InChI=1S/C15H17NO/c1-2-10-6-7-13-12(8-10)9-14(17)15(16-13)11-4-3-5-11/h6-9,11,17H,2-5H2,1H3. The monoisotopic (exact) mass is 227 g/mol. The maximum absolute atomic E-state index is 10.0. The van der Waals surface area contributed by atoms with E-state index in [0.29, 0.717) is 11.7 Å². The Kier molecular flexibility index (Phi) is 2.50. The maximum atomic E-state index is 10.0. The molecular formula is C15H17NO. The number of aromatic nitrogens is 1. The van der Waals surface area contributed by atoms with Crippen LogP contribution in [0.15, 0.2) is 24.3 Å². The van der Waals surface area contributed by atoms with Crippen LogP contribution in [0.1, 0.15) is 43.4 Å². The molecule has 1 saturated carbocycles. The molecule has 1 aliphatic carbocycles. The Balaban J connectivity index is 2.12. The normalized spacial score (nSPS) is 16.1. The number of rotatable bonds is 2. The first kappa shape index (κ1) is 10.6. The zero-order chi connectivity index (χ0) is 11.8. The van der Waals surface area contributed by atoms with Crippen LogP contribution in [-0.2, 0) is 6.42 Å². The van der Waals surface area contributed by atoms with E-state index in [4.69, 9.17) is 0 Å². The summed E-state index contributed by atoms with van der Waals surface area (Å²) in [5, 5.41) is 11.1. The van der Waals surface area contributed by atoms with Crippen LogP contribution in [0, 0.1) is 0 Å². The van der Waals surface area contributed by atoms with Crippen molar-refractivity contribution < 1.29 is 5.11 Å². The molecule has 88 valence electrons. The fraction of sp³-hybridized carbons (Fsp3) is 0.400. The molecule has 0 unspecified atom stereocenters. The van der Waals surface area contributed by atoms with Crippen LogP contribution in [0.4, 0.5) is 0 Å². The van der Waals surface area contributed by atoms with Crippen molar-refractivity contribution in [2.75, 3.05) is 0 Å². The van der Waals surface area contributed by atoms with Crippen LogP contribution >= 0.6 is 0 Å². The Morgan fingerprint density at radius 1 is 1.29 bits per heavy atom. The zero-order valence-electron chi connectivity index (χ0n) is 10.1. The van der Waals surface area contributed by atoms with Crippen LogP contribution in [0.5, 0.6) is 5.75 Å². The van der Waals surface area contributed by atoms with Gasteiger partial charge in [0.05, 0.1) is 11.2 Å². The number of aromatic hydroxyl groups is 1. The first-order valence-electron chi connectivity index (χ1n) is 6.40. The fourth-order valence-electron chi connectivity index (χ4n) is 2.43. The van der Waals surface area contributed by atoms with Gasteiger partial charge in [-0.25, -0.2) is 4.98 Å². The highest BCUT2D eigenvalue weighted by molar-refractivity contribution is 5.81. The van der Waals surface area contributed by atoms with E-state index < -0.39 is 0 Å². The highest BCUT2D eigenvalue weighted by Crippen LogP contribution is 2.40. The molecule has 0 spiro atoms. The third-order valence-electron chi connectivity index (χ3n) is 3.79. The van der Waals surface area contributed by atoms with Crippen molar-refractivity contribution in [3.8, 4) is 5.75 Å². The molecule has 1 aromatic carbocycles. The summed E-state index contributed by atoms with van der Waals surface area (Å²) in [7, 11) is 0. The van der Waals surface area contributed by atoms with E-state index in [-0.39, 0.29) is 0 Å². The quantitative estimate of drug-likeness (QED) is 0.847. The number of benzene rings is 1. The van der Waals surface area contributed by atoms with Gasteiger partial charge in [-0.2, -0.15) is 0 Å². The molecule has 1 heterocycles. The predicted molar refractivity (Wildman–Crippen MR) is 69.4 cm³/mol. The molecule has 0 amide bonds. The fourth-order valence-corrected chi connectivity index (χ4v) is 2.43. The summed E-state index contributed by atoms with van der Waals surface area (Å²) in [5.41, 5.74) is 3.19. The second-order valence-corrected chi connectivity index (χ2v) is 4.90. The Bertz CT molecular complexity index is 558. The highest BCUT2D eigenvalue weighted by Gasteiger charge is 2.24. The van der Waals surface area contributed by atoms with Gasteiger partial charge in [0.2, 0.25) is 0 Å². The molecule has 17 heavy (non-hydrogen) atoms.